The predicted octanol–water partition coefficient (Wildman–Crippen LogP) is 4.26. The van der Waals surface area contributed by atoms with E-state index in [1.165, 1.54) is 0 Å². The van der Waals surface area contributed by atoms with Gasteiger partial charge < -0.3 is 19.2 Å². The van der Waals surface area contributed by atoms with Crippen molar-refractivity contribution in [1.82, 2.24) is 4.98 Å². The molecule has 27 heavy (non-hydrogen) atoms. The van der Waals surface area contributed by atoms with Gasteiger partial charge in [0.1, 0.15) is 19.0 Å². The number of aromatic nitrogens is 1. The maximum Gasteiger partial charge on any atom is 0.230 e. The number of oxazole rings is 1. The third kappa shape index (κ3) is 3.90. The molecule has 1 aliphatic heterocycles. The Morgan fingerprint density at radius 2 is 1.96 bits per heavy atom. The van der Waals surface area contributed by atoms with Crippen LogP contribution in [0.15, 0.2) is 46.9 Å². The molecule has 3 aromatic rings. The molecule has 138 valence electrons. The number of aryl methyl sites for hydroxylation is 1. The zero-order valence-corrected chi connectivity index (χ0v) is 15.4. The van der Waals surface area contributed by atoms with Crippen LogP contribution >= 0.6 is 11.6 Å². The number of halogens is 1. The maximum atomic E-state index is 12.4. The molecule has 0 bridgehead atoms. The van der Waals surface area contributed by atoms with Gasteiger partial charge in [0, 0.05) is 22.3 Å². The number of fused-ring (bicyclic) bond motifs is 1. The zero-order valence-electron chi connectivity index (χ0n) is 14.6. The molecule has 0 saturated carbocycles. The van der Waals surface area contributed by atoms with Crippen LogP contribution in [0.1, 0.15) is 11.5 Å². The van der Waals surface area contributed by atoms with Crippen molar-refractivity contribution in [2.45, 2.75) is 13.3 Å². The van der Waals surface area contributed by atoms with E-state index in [1.54, 1.807) is 37.3 Å². The lowest BCUT2D eigenvalue weighted by Crippen LogP contribution is -2.17. The Labute approximate surface area is 161 Å². The lowest BCUT2D eigenvalue weighted by Gasteiger charge is -2.18. The number of benzene rings is 2. The molecule has 1 amide bonds. The van der Waals surface area contributed by atoms with Crippen molar-refractivity contribution in [3.05, 3.63) is 58.9 Å². The number of ether oxygens (including phenoxy) is 2. The number of amides is 1. The average molecular weight is 385 g/mol. The predicted molar refractivity (Wildman–Crippen MR) is 101 cm³/mol. The Bertz CT molecular complexity index is 999. The highest BCUT2D eigenvalue weighted by Gasteiger charge is 2.17. The molecular formula is C20H17ClN2O4. The molecule has 0 radical (unpaired) electrons. The second kappa shape index (κ2) is 7.32. The molecule has 0 unspecified atom stereocenters. The van der Waals surface area contributed by atoms with Crippen LogP contribution in [0.3, 0.4) is 0 Å². The van der Waals surface area contributed by atoms with Gasteiger partial charge in [-0.15, -0.1) is 0 Å². The number of carbonyl (C=O) groups is 1. The lowest BCUT2D eigenvalue weighted by atomic mass is 10.2. The van der Waals surface area contributed by atoms with E-state index in [0.717, 1.165) is 5.56 Å². The van der Waals surface area contributed by atoms with Crippen LogP contribution < -0.4 is 14.8 Å². The second-order valence-electron chi connectivity index (χ2n) is 6.12. The van der Waals surface area contributed by atoms with E-state index in [0.29, 0.717) is 52.8 Å². The van der Waals surface area contributed by atoms with Crippen molar-refractivity contribution < 1.29 is 18.7 Å². The quantitative estimate of drug-likeness (QED) is 0.727. The molecule has 1 aromatic heterocycles. The molecule has 2 aromatic carbocycles. The number of rotatable bonds is 4. The van der Waals surface area contributed by atoms with Crippen molar-refractivity contribution >= 4 is 23.2 Å². The van der Waals surface area contributed by atoms with Gasteiger partial charge in [-0.3, -0.25) is 4.79 Å². The normalized spacial score (nSPS) is 12.7. The zero-order chi connectivity index (χ0) is 18.8. The van der Waals surface area contributed by atoms with Gasteiger partial charge in [-0.05, 0) is 37.3 Å². The van der Waals surface area contributed by atoms with E-state index in [4.69, 9.17) is 25.5 Å². The molecule has 6 nitrogen and oxygen atoms in total. The van der Waals surface area contributed by atoms with Crippen LogP contribution in [0.25, 0.3) is 11.5 Å². The first kappa shape index (κ1) is 17.4. The topological polar surface area (TPSA) is 73.6 Å². The third-order valence-electron chi connectivity index (χ3n) is 4.12. The fourth-order valence-corrected chi connectivity index (χ4v) is 3.01. The summed E-state index contributed by atoms with van der Waals surface area (Å²) >= 11 is 6.01. The van der Waals surface area contributed by atoms with Crippen molar-refractivity contribution in [3.63, 3.8) is 0 Å². The Morgan fingerprint density at radius 3 is 2.78 bits per heavy atom. The van der Waals surface area contributed by atoms with Gasteiger partial charge in [0.25, 0.3) is 0 Å². The van der Waals surface area contributed by atoms with Crippen molar-refractivity contribution in [2.24, 2.45) is 0 Å². The van der Waals surface area contributed by atoms with Gasteiger partial charge in [-0.25, -0.2) is 4.98 Å². The van der Waals surface area contributed by atoms with Crippen LogP contribution in [0, 0.1) is 6.92 Å². The number of carbonyl (C=O) groups excluding carboxylic acids is 1. The molecule has 0 aliphatic carbocycles. The largest absolute Gasteiger partial charge is 0.486 e. The summed E-state index contributed by atoms with van der Waals surface area (Å²) in [4.78, 5) is 16.9. The number of anilines is 1. The number of hydrogen-bond acceptors (Lipinski definition) is 5. The number of nitrogens with zero attached hydrogens (tertiary/aromatic N) is 1. The highest BCUT2D eigenvalue weighted by atomic mass is 35.5. The van der Waals surface area contributed by atoms with E-state index in [-0.39, 0.29) is 12.3 Å². The molecule has 7 heteroatoms. The summed E-state index contributed by atoms with van der Waals surface area (Å²) in [7, 11) is 0. The molecule has 0 spiro atoms. The van der Waals surface area contributed by atoms with E-state index in [1.807, 2.05) is 12.1 Å². The molecular weight excluding hydrogens is 368 g/mol. The summed E-state index contributed by atoms with van der Waals surface area (Å²) in [6, 6.07) is 12.5. The third-order valence-corrected chi connectivity index (χ3v) is 4.35. The van der Waals surface area contributed by atoms with E-state index >= 15 is 0 Å². The highest BCUT2D eigenvalue weighted by Crippen LogP contribution is 2.32. The second-order valence-corrected chi connectivity index (χ2v) is 6.55. The summed E-state index contributed by atoms with van der Waals surface area (Å²) in [5, 5.41) is 3.45. The van der Waals surface area contributed by atoms with Crippen LogP contribution in [0.5, 0.6) is 11.5 Å². The maximum absolute atomic E-state index is 12.4. The molecule has 0 fully saturated rings. The summed E-state index contributed by atoms with van der Waals surface area (Å²) in [6.07, 6.45) is 0.102. The van der Waals surface area contributed by atoms with Crippen LogP contribution in [-0.2, 0) is 11.2 Å². The van der Waals surface area contributed by atoms with E-state index in [9.17, 15) is 4.79 Å². The van der Waals surface area contributed by atoms with E-state index in [2.05, 4.69) is 10.3 Å². The van der Waals surface area contributed by atoms with Gasteiger partial charge >= 0.3 is 0 Å². The first-order valence-corrected chi connectivity index (χ1v) is 8.88. The average Bonchev–Trinajstić information content (AvgIpc) is 3.02. The van der Waals surface area contributed by atoms with Crippen LogP contribution in [0.4, 0.5) is 5.69 Å². The van der Waals surface area contributed by atoms with Crippen molar-refractivity contribution in [1.29, 1.82) is 0 Å². The Hall–Kier alpha value is -2.99. The minimum atomic E-state index is -0.194. The van der Waals surface area contributed by atoms with Gasteiger partial charge in [0.2, 0.25) is 11.8 Å². The van der Waals surface area contributed by atoms with Gasteiger partial charge in [0.15, 0.2) is 11.5 Å². The lowest BCUT2D eigenvalue weighted by molar-refractivity contribution is -0.115. The van der Waals surface area contributed by atoms with Gasteiger partial charge in [-0.1, -0.05) is 17.7 Å². The Morgan fingerprint density at radius 1 is 1.15 bits per heavy atom. The van der Waals surface area contributed by atoms with Gasteiger partial charge in [0.05, 0.1) is 12.1 Å². The molecule has 4 rings (SSSR count). The fourth-order valence-electron chi connectivity index (χ4n) is 2.82. The minimum absolute atomic E-state index is 0.102. The van der Waals surface area contributed by atoms with E-state index < -0.39 is 0 Å². The molecule has 1 N–H and O–H groups in total. The molecule has 1 aliphatic rings. The monoisotopic (exact) mass is 384 g/mol. The SMILES string of the molecule is Cc1oc(-c2cccc(Cl)c2)nc1CC(=O)Nc1ccc2c(c1)OCCO2. The summed E-state index contributed by atoms with van der Waals surface area (Å²) in [5.41, 5.74) is 1.99. The summed E-state index contributed by atoms with van der Waals surface area (Å²) < 4.78 is 16.7. The first-order chi connectivity index (χ1) is 13.1. The number of nitrogens with one attached hydrogen (secondary N) is 1. The Balaban J connectivity index is 1.47. The summed E-state index contributed by atoms with van der Waals surface area (Å²) in [5.74, 6) is 2.15. The smallest absolute Gasteiger partial charge is 0.230 e. The summed E-state index contributed by atoms with van der Waals surface area (Å²) in [6.45, 7) is 2.81. The Kier molecular flexibility index (Phi) is 4.73. The highest BCUT2D eigenvalue weighted by molar-refractivity contribution is 6.30. The fraction of sp³-hybridized carbons (Fsp3) is 0.200. The molecule has 0 atom stereocenters. The molecule has 0 saturated heterocycles. The standard InChI is InChI=1S/C20H17ClN2O4/c1-12-16(23-20(27-12)13-3-2-4-14(21)9-13)11-19(24)22-15-5-6-17-18(10-15)26-8-7-25-17/h2-6,9-10H,7-8,11H2,1H3,(H,22,24). The van der Waals surface area contributed by atoms with Crippen molar-refractivity contribution in [3.8, 4) is 23.0 Å². The first-order valence-electron chi connectivity index (χ1n) is 8.50. The number of hydrogen-bond donors (Lipinski definition) is 1. The van der Waals surface area contributed by atoms with Crippen LogP contribution in [-0.4, -0.2) is 24.1 Å². The van der Waals surface area contributed by atoms with Gasteiger partial charge in [-0.2, -0.15) is 0 Å². The molecule has 2 heterocycles. The van der Waals surface area contributed by atoms with Crippen LogP contribution in [0.2, 0.25) is 5.02 Å². The van der Waals surface area contributed by atoms with Crippen molar-refractivity contribution in [2.75, 3.05) is 18.5 Å². The minimum Gasteiger partial charge on any atom is -0.486 e.